The van der Waals surface area contributed by atoms with Crippen molar-refractivity contribution in [3.63, 3.8) is 0 Å². The van der Waals surface area contributed by atoms with Crippen LogP contribution in [0.25, 0.3) is 5.82 Å². The zero-order chi connectivity index (χ0) is 23.1. The van der Waals surface area contributed by atoms with Crippen molar-refractivity contribution < 1.29 is 31.1 Å². The highest BCUT2D eigenvalue weighted by Gasteiger charge is 2.38. The molecule has 0 unspecified atom stereocenters. The minimum absolute atomic E-state index is 0.00698. The minimum Gasteiger partial charge on any atom is -0.355 e. The minimum atomic E-state index is -4.99. The average Bonchev–Trinajstić information content (AvgIpc) is 3.20. The first-order valence-electron chi connectivity index (χ1n) is 9.18. The maximum atomic E-state index is 13.0. The Bertz CT molecular complexity index is 1090. The lowest BCUT2D eigenvalue weighted by molar-refractivity contribution is -0.143. The van der Waals surface area contributed by atoms with E-state index in [4.69, 9.17) is 0 Å². The van der Waals surface area contributed by atoms with Gasteiger partial charge < -0.3 is 10.2 Å². The third kappa shape index (κ3) is 4.50. The predicted molar refractivity (Wildman–Crippen MR) is 99.9 cm³/mol. The van der Waals surface area contributed by atoms with Gasteiger partial charge in [-0.2, -0.15) is 31.4 Å². The molecule has 1 N–H and O–H groups in total. The maximum Gasteiger partial charge on any atom is 0.416 e. The van der Waals surface area contributed by atoms with E-state index in [0.717, 1.165) is 0 Å². The van der Waals surface area contributed by atoms with Crippen molar-refractivity contribution in [3.05, 3.63) is 60.2 Å². The Morgan fingerprint density at radius 3 is 2.12 bits per heavy atom. The maximum absolute atomic E-state index is 13.0. The Balaban J connectivity index is 1.45. The summed E-state index contributed by atoms with van der Waals surface area (Å²) >= 11 is 0. The number of amides is 1. The molecular weight excluding hydrogens is 442 g/mol. The van der Waals surface area contributed by atoms with Gasteiger partial charge in [-0.15, -0.1) is 0 Å². The van der Waals surface area contributed by atoms with Gasteiger partial charge in [0, 0.05) is 37.2 Å². The van der Waals surface area contributed by atoms with Gasteiger partial charge in [-0.05, 0) is 24.3 Å². The van der Waals surface area contributed by atoms with Crippen LogP contribution >= 0.6 is 0 Å². The Labute approximate surface area is 176 Å². The molecule has 4 rings (SSSR count). The average molecular weight is 456 g/mol. The van der Waals surface area contributed by atoms with Gasteiger partial charge >= 0.3 is 12.4 Å². The fraction of sp³-hybridized carbons (Fsp3) is 0.263. The van der Waals surface area contributed by atoms with Crippen LogP contribution in [0.4, 0.5) is 37.8 Å². The number of nitrogens with zero attached hydrogens (tertiary/aromatic N) is 5. The van der Waals surface area contributed by atoms with Gasteiger partial charge in [-0.1, -0.05) is 0 Å². The molecule has 1 aliphatic heterocycles. The normalized spacial score (nSPS) is 14.9. The molecule has 0 radical (unpaired) electrons. The zero-order valence-corrected chi connectivity index (χ0v) is 16.0. The van der Waals surface area contributed by atoms with E-state index in [9.17, 15) is 31.1 Å². The molecule has 1 amide bonds. The third-order valence-corrected chi connectivity index (χ3v) is 4.81. The lowest BCUT2D eigenvalue weighted by Crippen LogP contribution is -2.52. The van der Waals surface area contributed by atoms with Crippen LogP contribution in [0.15, 0.2) is 49.1 Å². The number of nitrogens with one attached hydrogen (secondary N) is 1. The Kier molecular flexibility index (Phi) is 5.26. The fourth-order valence-electron chi connectivity index (χ4n) is 3.14. The van der Waals surface area contributed by atoms with Crippen molar-refractivity contribution >= 4 is 17.4 Å². The first-order chi connectivity index (χ1) is 15.0. The van der Waals surface area contributed by atoms with Crippen molar-refractivity contribution in [1.29, 1.82) is 0 Å². The van der Waals surface area contributed by atoms with E-state index in [1.807, 2.05) is 0 Å². The number of aromatic nitrogens is 4. The number of anilines is 2. The van der Waals surface area contributed by atoms with Crippen molar-refractivity contribution in [2.75, 3.05) is 23.3 Å². The molecule has 0 aliphatic carbocycles. The van der Waals surface area contributed by atoms with Gasteiger partial charge in [-0.25, -0.2) is 14.6 Å². The van der Waals surface area contributed by atoms with E-state index < -0.39 is 41.0 Å². The third-order valence-electron chi connectivity index (χ3n) is 4.81. The summed E-state index contributed by atoms with van der Waals surface area (Å²) in [5.41, 5.74) is -3.56. The van der Waals surface area contributed by atoms with Crippen LogP contribution in [-0.4, -0.2) is 38.7 Å². The van der Waals surface area contributed by atoms with Crippen LogP contribution in [-0.2, 0) is 17.1 Å². The summed E-state index contributed by atoms with van der Waals surface area (Å²) < 4.78 is 79.4. The molecule has 7 nitrogen and oxygen atoms in total. The lowest BCUT2D eigenvalue weighted by Gasteiger charge is -2.39. The molecule has 1 aromatic carbocycles. The highest BCUT2D eigenvalue weighted by molar-refractivity contribution is 5.94. The summed E-state index contributed by atoms with van der Waals surface area (Å²) in [6, 6.07) is 4.31. The molecule has 3 heterocycles. The second-order valence-electron chi connectivity index (χ2n) is 7.07. The van der Waals surface area contributed by atoms with E-state index >= 15 is 0 Å². The molecular formula is C19H14F6N6O. The molecule has 0 saturated carbocycles. The molecule has 1 saturated heterocycles. The first kappa shape index (κ1) is 21.6. The quantitative estimate of drug-likeness (QED) is 0.605. The summed E-state index contributed by atoms with van der Waals surface area (Å²) in [7, 11) is 0. The number of alkyl halides is 6. The number of carbonyl (C=O) groups excluding carboxylic acids is 1. The van der Waals surface area contributed by atoms with Crippen LogP contribution in [0.3, 0.4) is 0 Å². The van der Waals surface area contributed by atoms with Crippen molar-refractivity contribution in [1.82, 2.24) is 19.7 Å². The summed E-state index contributed by atoms with van der Waals surface area (Å²) in [4.78, 5) is 22.3. The second kappa shape index (κ2) is 7.80. The highest BCUT2D eigenvalue weighted by Crippen LogP contribution is 2.37. The van der Waals surface area contributed by atoms with E-state index in [2.05, 4.69) is 20.4 Å². The number of benzene rings is 1. The SMILES string of the molecule is O=C(Nc1cc(C(F)(F)F)cc(C(F)(F)F)c1)C1CN(c2cc(-n3cccn3)ncn2)C1. The van der Waals surface area contributed by atoms with Crippen molar-refractivity contribution in [3.8, 4) is 5.82 Å². The van der Waals surface area contributed by atoms with Gasteiger partial charge in [0.1, 0.15) is 12.1 Å². The topological polar surface area (TPSA) is 75.9 Å². The van der Waals surface area contributed by atoms with Gasteiger partial charge in [0.2, 0.25) is 5.91 Å². The largest absolute Gasteiger partial charge is 0.416 e. The standard InChI is InChI=1S/C19H14F6N6O/c20-18(21,22)12-4-13(19(23,24)25)6-14(5-12)29-17(32)11-8-30(9-11)15-7-16(27-10-26-15)31-3-1-2-28-31/h1-7,10-11H,8-9H2,(H,29,32). The van der Waals surface area contributed by atoms with E-state index in [1.165, 1.54) is 11.0 Å². The van der Waals surface area contributed by atoms with E-state index in [-0.39, 0.29) is 19.2 Å². The molecule has 3 aromatic rings. The van der Waals surface area contributed by atoms with Crippen molar-refractivity contribution in [2.24, 2.45) is 5.92 Å². The molecule has 2 aromatic heterocycles. The van der Waals surface area contributed by atoms with Crippen LogP contribution in [0.5, 0.6) is 0 Å². The molecule has 1 aliphatic rings. The number of carbonyl (C=O) groups is 1. The second-order valence-corrected chi connectivity index (χ2v) is 7.07. The summed E-state index contributed by atoms with van der Waals surface area (Å²) in [5.74, 6) is -0.318. The van der Waals surface area contributed by atoms with Crippen LogP contribution in [0.1, 0.15) is 11.1 Å². The molecule has 1 fully saturated rings. The first-order valence-corrected chi connectivity index (χ1v) is 9.18. The molecule has 32 heavy (non-hydrogen) atoms. The monoisotopic (exact) mass is 456 g/mol. The van der Waals surface area contributed by atoms with E-state index in [1.54, 1.807) is 29.4 Å². The highest BCUT2D eigenvalue weighted by atomic mass is 19.4. The number of hydrogen-bond donors (Lipinski definition) is 1. The summed E-state index contributed by atoms with van der Waals surface area (Å²) in [6.45, 7) is 0.374. The summed E-state index contributed by atoms with van der Waals surface area (Å²) in [5, 5.41) is 6.22. The van der Waals surface area contributed by atoms with Crippen LogP contribution < -0.4 is 10.2 Å². The molecule has 13 heteroatoms. The lowest BCUT2D eigenvalue weighted by atomic mass is 9.98. The molecule has 0 bridgehead atoms. The zero-order valence-electron chi connectivity index (χ0n) is 16.0. The Morgan fingerprint density at radius 1 is 0.938 bits per heavy atom. The molecule has 168 valence electrons. The summed E-state index contributed by atoms with van der Waals surface area (Å²) in [6.07, 6.45) is -5.41. The van der Waals surface area contributed by atoms with Crippen LogP contribution in [0, 0.1) is 5.92 Å². The van der Waals surface area contributed by atoms with Crippen molar-refractivity contribution in [2.45, 2.75) is 12.4 Å². The predicted octanol–water partition coefficient (Wildman–Crippen LogP) is 3.77. The molecule has 0 atom stereocenters. The number of halogens is 6. The van der Waals surface area contributed by atoms with Crippen LogP contribution in [0.2, 0.25) is 0 Å². The van der Waals surface area contributed by atoms with Gasteiger partial charge in [-0.3, -0.25) is 4.79 Å². The Morgan fingerprint density at radius 2 is 1.56 bits per heavy atom. The fourth-order valence-corrected chi connectivity index (χ4v) is 3.14. The number of rotatable bonds is 4. The van der Waals surface area contributed by atoms with E-state index in [0.29, 0.717) is 23.8 Å². The smallest absolute Gasteiger partial charge is 0.355 e. The Hall–Kier alpha value is -3.64. The van der Waals surface area contributed by atoms with Gasteiger partial charge in [0.25, 0.3) is 0 Å². The van der Waals surface area contributed by atoms with Gasteiger partial charge in [0.15, 0.2) is 5.82 Å². The number of hydrogen-bond acceptors (Lipinski definition) is 5. The molecule has 0 spiro atoms. The van der Waals surface area contributed by atoms with Gasteiger partial charge in [0.05, 0.1) is 17.0 Å².